The molecule has 0 saturated carbocycles. The molecule has 2 aromatic carbocycles. The molecule has 0 aliphatic heterocycles. The zero-order valence-corrected chi connectivity index (χ0v) is 25.4. The van der Waals surface area contributed by atoms with E-state index in [1.807, 2.05) is 0 Å². The van der Waals surface area contributed by atoms with Gasteiger partial charge in [-0.25, -0.2) is 4.98 Å². The van der Waals surface area contributed by atoms with Crippen LogP contribution in [0.1, 0.15) is 11.1 Å². The number of nitrogens with one attached hydrogen (secondary N) is 2. The predicted octanol–water partition coefficient (Wildman–Crippen LogP) is 6.21. The van der Waals surface area contributed by atoms with Gasteiger partial charge in [-0.05, 0) is 23.8 Å². The number of ether oxygens (including phenoxy) is 3. The molecular weight excluding hydrogens is 606 g/mol. The molecule has 0 aliphatic rings. The number of hydrogen-bond acceptors (Lipinski definition) is 11. The molecule has 0 bridgehead atoms. The summed E-state index contributed by atoms with van der Waals surface area (Å²) in [6.07, 6.45) is -2.54. The summed E-state index contributed by atoms with van der Waals surface area (Å²) in [5, 5.41) is 17.2. The largest absolute Gasteiger partial charge is 0.495 e. The molecule has 0 spiro atoms. The lowest BCUT2D eigenvalue weighted by atomic mass is 10.2. The number of fused-ring (bicyclic) bond motifs is 1. The first kappa shape index (κ1) is 33.0. The fraction of sp³-hybridized carbons (Fsp3) is 0.357. The lowest BCUT2D eigenvalue weighted by molar-refractivity contribution is -0.137. The Morgan fingerprint density at radius 1 is 0.977 bits per heavy atom. The number of rotatable bonds is 15. The third-order valence-corrected chi connectivity index (χ3v) is 8.28. The normalized spacial score (nSPS) is 12.1. The summed E-state index contributed by atoms with van der Waals surface area (Å²) < 4.78 is 83.2. The molecule has 238 valence electrons. The minimum Gasteiger partial charge on any atom is -0.495 e. The Morgan fingerprint density at radius 3 is 2.32 bits per heavy atom. The van der Waals surface area contributed by atoms with Crippen LogP contribution in [0.25, 0.3) is 10.8 Å². The quantitative estimate of drug-likeness (QED) is 0.101. The fourth-order valence-corrected chi connectivity index (χ4v) is 5.89. The van der Waals surface area contributed by atoms with Crippen molar-refractivity contribution in [2.45, 2.75) is 12.3 Å². The van der Waals surface area contributed by atoms with Gasteiger partial charge in [0.05, 0.1) is 56.5 Å². The number of alkyl halides is 3. The van der Waals surface area contributed by atoms with Gasteiger partial charge in [-0.3, -0.25) is 4.57 Å². The number of hydrogen-bond donors (Lipinski definition) is 3. The summed E-state index contributed by atoms with van der Waals surface area (Å²) in [4.78, 5) is 7.97. The van der Waals surface area contributed by atoms with E-state index in [2.05, 4.69) is 20.6 Å². The van der Waals surface area contributed by atoms with Gasteiger partial charge in [-0.1, -0.05) is 18.2 Å². The smallest absolute Gasteiger partial charge is 0.421 e. The van der Waals surface area contributed by atoms with E-state index in [-0.39, 0.29) is 55.9 Å². The Morgan fingerprint density at radius 2 is 1.68 bits per heavy atom. The van der Waals surface area contributed by atoms with E-state index in [0.717, 1.165) is 0 Å². The second-order valence-corrected chi connectivity index (χ2v) is 11.5. The minimum atomic E-state index is -4.78. The number of nitrogens with zero attached hydrogens (tertiary/aromatic N) is 3. The molecule has 4 aromatic rings. The third kappa shape index (κ3) is 7.98. The Labute approximate surface area is 251 Å². The van der Waals surface area contributed by atoms with Gasteiger partial charge in [0.15, 0.2) is 0 Å². The van der Waals surface area contributed by atoms with Gasteiger partial charge >= 0.3 is 13.8 Å². The molecule has 0 radical (unpaired) electrons. The Kier molecular flexibility index (Phi) is 10.7. The van der Waals surface area contributed by atoms with Crippen LogP contribution in [0.4, 0.5) is 36.3 Å². The summed E-state index contributed by atoms with van der Waals surface area (Å²) in [5.74, 6) is -0.560. The predicted molar refractivity (Wildman–Crippen MR) is 158 cm³/mol. The monoisotopic (exact) mass is 639 g/mol. The summed E-state index contributed by atoms with van der Waals surface area (Å²) in [5.41, 5.74) is -0.0669. The number of methoxy groups -OCH3 is 3. The first-order valence-electron chi connectivity index (χ1n) is 13.3. The number of aromatic hydroxyl groups is 1. The van der Waals surface area contributed by atoms with Crippen LogP contribution in [-0.2, 0) is 42.5 Å². The summed E-state index contributed by atoms with van der Waals surface area (Å²) >= 11 is 0. The van der Waals surface area contributed by atoms with Gasteiger partial charge in [-0.2, -0.15) is 18.2 Å². The zero-order chi connectivity index (χ0) is 31.9. The van der Waals surface area contributed by atoms with E-state index in [1.54, 1.807) is 37.5 Å². The average molecular weight is 640 g/mol. The van der Waals surface area contributed by atoms with Crippen LogP contribution in [0, 0.1) is 0 Å². The van der Waals surface area contributed by atoms with Crippen molar-refractivity contribution in [3.05, 3.63) is 59.9 Å². The molecule has 4 rings (SSSR count). The van der Waals surface area contributed by atoms with Crippen molar-refractivity contribution in [1.29, 1.82) is 0 Å². The van der Waals surface area contributed by atoms with Gasteiger partial charge in [-0.15, -0.1) is 0 Å². The SMILES string of the molecule is COCCOP(=O)(Cc1ccc(Nc2nc(Nc3cccc4cn(C)c(O)c34)ncc2C(F)(F)F)c(OC)c1)OCCOC. The maximum atomic E-state index is 14.0. The van der Waals surface area contributed by atoms with Crippen molar-refractivity contribution in [3.8, 4) is 11.6 Å². The number of anilines is 4. The van der Waals surface area contributed by atoms with Crippen LogP contribution >= 0.6 is 7.60 Å². The molecule has 44 heavy (non-hydrogen) atoms. The molecule has 3 N–H and O–H groups in total. The van der Waals surface area contributed by atoms with Gasteiger partial charge in [0, 0.05) is 39.0 Å². The number of aryl methyl sites for hydroxylation is 1. The average Bonchev–Trinajstić information content (AvgIpc) is 3.27. The number of benzene rings is 2. The molecule has 16 heteroatoms. The topological polar surface area (TPSA) is 138 Å². The van der Waals surface area contributed by atoms with E-state index in [9.17, 15) is 22.8 Å². The van der Waals surface area contributed by atoms with E-state index >= 15 is 0 Å². The van der Waals surface area contributed by atoms with E-state index < -0.39 is 25.2 Å². The molecule has 2 aromatic heterocycles. The summed E-state index contributed by atoms with van der Waals surface area (Å²) in [7, 11) is 2.33. The summed E-state index contributed by atoms with van der Waals surface area (Å²) in [6, 6.07) is 9.71. The van der Waals surface area contributed by atoms with Crippen LogP contribution in [0.5, 0.6) is 11.6 Å². The van der Waals surface area contributed by atoms with Crippen LogP contribution in [0.3, 0.4) is 0 Å². The molecular formula is C28H33F3N5O7P. The lowest BCUT2D eigenvalue weighted by Gasteiger charge is -2.20. The Bertz CT molecular complexity index is 1620. The standard InChI is InChI=1S/C28H33F3N5O7P/c1-36-16-19-6-5-7-22(24(19)26(36)37)34-27-32-15-20(28(29,30)31)25(35-27)33-21-9-8-18(14-23(21)41-4)17-44(38,42-12-10-39-2)43-13-11-40-3/h5-9,14-16,37H,10-13,17H2,1-4H3,(H2,32,33,34,35). The lowest BCUT2D eigenvalue weighted by Crippen LogP contribution is -2.13. The van der Waals surface area contributed by atoms with Crippen LogP contribution < -0.4 is 15.4 Å². The van der Waals surface area contributed by atoms with Crippen molar-refractivity contribution in [1.82, 2.24) is 14.5 Å². The highest BCUT2D eigenvalue weighted by Crippen LogP contribution is 2.52. The zero-order valence-electron chi connectivity index (χ0n) is 24.5. The molecule has 0 saturated heterocycles. The highest BCUT2D eigenvalue weighted by atomic mass is 31.2. The van der Waals surface area contributed by atoms with Crippen molar-refractivity contribution in [2.24, 2.45) is 7.05 Å². The summed E-state index contributed by atoms with van der Waals surface area (Å²) in [6.45, 7) is 0.450. The van der Waals surface area contributed by atoms with E-state index in [1.165, 1.54) is 38.0 Å². The van der Waals surface area contributed by atoms with Crippen LogP contribution in [0.15, 0.2) is 48.8 Å². The van der Waals surface area contributed by atoms with Gasteiger partial charge in [0.1, 0.15) is 17.1 Å². The molecule has 0 aliphatic carbocycles. The van der Waals surface area contributed by atoms with Crippen molar-refractivity contribution in [3.63, 3.8) is 0 Å². The first-order valence-corrected chi connectivity index (χ1v) is 15.0. The molecule has 2 heterocycles. The fourth-order valence-electron chi connectivity index (χ4n) is 4.28. The first-order chi connectivity index (χ1) is 21.0. The maximum absolute atomic E-state index is 14.0. The Balaban J connectivity index is 1.63. The molecule has 0 atom stereocenters. The highest BCUT2D eigenvalue weighted by Gasteiger charge is 2.36. The second kappa shape index (κ2) is 14.3. The Hall–Kier alpha value is -3.88. The van der Waals surface area contributed by atoms with Crippen LogP contribution in [0.2, 0.25) is 0 Å². The van der Waals surface area contributed by atoms with Crippen molar-refractivity contribution < 1.29 is 46.1 Å². The van der Waals surface area contributed by atoms with Gasteiger partial charge in [0.25, 0.3) is 0 Å². The maximum Gasteiger partial charge on any atom is 0.421 e. The molecule has 12 nitrogen and oxygen atoms in total. The minimum absolute atomic E-state index is 0.0280. The molecule has 0 unspecified atom stereocenters. The molecule has 0 amide bonds. The third-order valence-electron chi connectivity index (χ3n) is 6.37. The number of halogens is 3. The van der Waals surface area contributed by atoms with Gasteiger partial charge in [0.2, 0.25) is 11.8 Å². The van der Waals surface area contributed by atoms with Crippen LogP contribution in [-0.4, -0.2) is 67.4 Å². The number of aromatic nitrogens is 3. The van der Waals surface area contributed by atoms with Crippen molar-refractivity contribution in [2.75, 3.05) is 58.4 Å². The highest BCUT2D eigenvalue weighted by molar-refractivity contribution is 7.53. The van der Waals surface area contributed by atoms with E-state index in [4.69, 9.17) is 23.3 Å². The second-order valence-electron chi connectivity index (χ2n) is 9.49. The molecule has 0 fully saturated rings. The van der Waals surface area contributed by atoms with Crippen molar-refractivity contribution >= 4 is 41.5 Å². The van der Waals surface area contributed by atoms with E-state index in [0.29, 0.717) is 28.2 Å². The van der Waals surface area contributed by atoms with Gasteiger partial charge < -0.3 is 43.6 Å².